The van der Waals surface area contributed by atoms with E-state index >= 15 is 0 Å². The Kier molecular flexibility index (Phi) is 8.73. The predicted octanol–water partition coefficient (Wildman–Crippen LogP) is 15.4. The first-order chi connectivity index (χ1) is 34.2. The number of benzene rings is 10. The second-order valence-electron chi connectivity index (χ2n) is 18.0. The molecule has 0 unspecified atom stereocenters. The number of para-hydroxylation sites is 2. The molecule has 0 N–H and O–H groups in total. The summed E-state index contributed by atoms with van der Waals surface area (Å²) in [5.74, 6) is 1.74. The molecule has 5 heteroatoms. The second kappa shape index (κ2) is 15.4. The summed E-state index contributed by atoms with van der Waals surface area (Å²) < 4.78 is 4.73. The van der Waals surface area contributed by atoms with Crippen molar-refractivity contribution in [2.75, 3.05) is 0 Å². The van der Waals surface area contributed by atoms with Gasteiger partial charge in [0.1, 0.15) is 0 Å². The highest BCUT2D eigenvalue weighted by atomic mass is 15.2. The van der Waals surface area contributed by atoms with Gasteiger partial charge in [-0.1, -0.05) is 212 Å². The van der Waals surface area contributed by atoms with Crippen LogP contribution in [0.4, 0.5) is 0 Å². The maximum atomic E-state index is 5.64. The lowest BCUT2D eigenvalue weighted by Gasteiger charge is -2.42. The molecule has 69 heavy (non-hydrogen) atoms. The van der Waals surface area contributed by atoms with Crippen molar-refractivity contribution in [3.63, 3.8) is 0 Å². The van der Waals surface area contributed by atoms with Gasteiger partial charge in [-0.2, -0.15) is 9.97 Å². The zero-order valence-corrected chi connectivity index (χ0v) is 37.4. The van der Waals surface area contributed by atoms with Crippen molar-refractivity contribution < 1.29 is 0 Å². The van der Waals surface area contributed by atoms with Gasteiger partial charge in [-0.25, -0.2) is 4.98 Å². The van der Waals surface area contributed by atoms with Crippen LogP contribution in [-0.4, -0.2) is 24.1 Å². The summed E-state index contributed by atoms with van der Waals surface area (Å²) in [4.78, 5) is 16.5. The van der Waals surface area contributed by atoms with Crippen molar-refractivity contribution in [1.29, 1.82) is 0 Å². The quantitative estimate of drug-likeness (QED) is 0.160. The summed E-state index contributed by atoms with van der Waals surface area (Å²) in [6.07, 6.45) is 0. The van der Waals surface area contributed by atoms with Crippen LogP contribution in [0.3, 0.4) is 0 Å². The van der Waals surface area contributed by atoms with Crippen LogP contribution in [0.2, 0.25) is 0 Å². The Labute approximate surface area is 398 Å². The predicted molar refractivity (Wildman–Crippen MR) is 282 cm³/mol. The average Bonchev–Trinajstić information content (AvgIpc) is 3.95. The molecule has 0 amide bonds. The van der Waals surface area contributed by atoms with E-state index in [9.17, 15) is 0 Å². The van der Waals surface area contributed by atoms with Gasteiger partial charge in [0.25, 0.3) is 0 Å². The van der Waals surface area contributed by atoms with E-state index in [2.05, 4.69) is 240 Å². The van der Waals surface area contributed by atoms with Crippen LogP contribution in [0.1, 0.15) is 22.3 Å². The monoisotopic (exact) mass is 879 g/mol. The van der Waals surface area contributed by atoms with Crippen molar-refractivity contribution in [2.24, 2.45) is 0 Å². The number of rotatable bonds is 7. The maximum Gasteiger partial charge on any atom is 0.238 e. The number of nitrogens with zero attached hydrogens (tertiary/aromatic N) is 5. The Morgan fingerprint density at radius 2 is 0.768 bits per heavy atom. The third-order valence-electron chi connectivity index (χ3n) is 14.2. The van der Waals surface area contributed by atoms with E-state index in [1.54, 1.807) is 0 Å². The van der Waals surface area contributed by atoms with Crippen LogP contribution in [-0.2, 0) is 5.41 Å². The van der Waals surface area contributed by atoms with Crippen LogP contribution >= 0.6 is 0 Å². The maximum absolute atomic E-state index is 5.64. The lowest BCUT2D eigenvalue weighted by molar-refractivity contribution is 0.728. The minimum atomic E-state index is -0.690. The molecular formula is C64H41N5. The van der Waals surface area contributed by atoms with Crippen LogP contribution in [0.25, 0.3) is 100 Å². The Morgan fingerprint density at radius 1 is 0.290 bits per heavy atom. The summed E-state index contributed by atoms with van der Waals surface area (Å²) in [7, 11) is 0. The molecule has 13 aromatic rings. The Bertz CT molecular complexity index is 3970. The summed E-state index contributed by atoms with van der Waals surface area (Å²) in [5.41, 5.74) is 15.9. The highest BCUT2D eigenvalue weighted by Gasteiger charge is 2.45. The van der Waals surface area contributed by atoms with Gasteiger partial charge in [-0.05, 0) is 80.9 Å². The summed E-state index contributed by atoms with van der Waals surface area (Å²) >= 11 is 0. The molecule has 1 aliphatic rings. The molecule has 0 bridgehead atoms. The summed E-state index contributed by atoms with van der Waals surface area (Å²) in [5, 5.41) is 4.56. The Hall–Kier alpha value is -9.19. The normalized spacial score (nSPS) is 12.8. The van der Waals surface area contributed by atoms with Crippen LogP contribution < -0.4 is 0 Å². The van der Waals surface area contributed by atoms with Gasteiger partial charge in [0, 0.05) is 32.7 Å². The molecule has 322 valence electrons. The molecule has 0 aliphatic carbocycles. The molecule has 10 aromatic carbocycles. The first kappa shape index (κ1) is 39.0. The second-order valence-corrected chi connectivity index (χ2v) is 18.0. The van der Waals surface area contributed by atoms with E-state index in [-0.39, 0.29) is 0 Å². The summed E-state index contributed by atoms with van der Waals surface area (Å²) in [6, 6.07) is 89.4. The SMILES string of the molecule is c1ccc(-c2ccc3c4ccc(-c5ccccc5)cc4n(-c4nc(-c5ccccc5)nc(-c5cc6c7c(c5)c5ccccc5n7-c5ccccc5C6(c5ccccc5)c5ccccc5)n4)c3c2)cc1. The van der Waals surface area contributed by atoms with Crippen molar-refractivity contribution in [2.45, 2.75) is 5.41 Å². The lowest BCUT2D eigenvalue weighted by atomic mass is 9.63. The van der Waals surface area contributed by atoms with Gasteiger partial charge in [0.2, 0.25) is 5.95 Å². The number of hydrogen-bond donors (Lipinski definition) is 0. The number of fused-ring (bicyclic) bond motifs is 8. The minimum absolute atomic E-state index is 0.549. The molecule has 5 nitrogen and oxygen atoms in total. The number of hydrogen-bond acceptors (Lipinski definition) is 3. The molecule has 0 saturated carbocycles. The molecule has 4 heterocycles. The van der Waals surface area contributed by atoms with Gasteiger partial charge < -0.3 is 4.57 Å². The first-order valence-corrected chi connectivity index (χ1v) is 23.5. The molecule has 1 aliphatic heterocycles. The van der Waals surface area contributed by atoms with Crippen molar-refractivity contribution in [1.82, 2.24) is 24.1 Å². The lowest BCUT2D eigenvalue weighted by Crippen LogP contribution is -2.35. The van der Waals surface area contributed by atoms with E-state index in [0.717, 1.165) is 66.1 Å². The first-order valence-electron chi connectivity index (χ1n) is 23.5. The molecule has 0 atom stereocenters. The topological polar surface area (TPSA) is 48.5 Å². The average molecular weight is 880 g/mol. The van der Waals surface area contributed by atoms with Gasteiger partial charge in [-0.3, -0.25) is 4.57 Å². The highest BCUT2D eigenvalue weighted by molar-refractivity contribution is 6.14. The van der Waals surface area contributed by atoms with Crippen molar-refractivity contribution in [3.05, 3.63) is 271 Å². The number of aromatic nitrogens is 5. The van der Waals surface area contributed by atoms with Crippen molar-refractivity contribution in [3.8, 4) is 56.7 Å². The molecule has 3 aromatic heterocycles. The van der Waals surface area contributed by atoms with E-state index in [4.69, 9.17) is 15.0 Å². The zero-order valence-electron chi connectivity index (χ0n) is 37.4. The third kappa shape index (κ3) is 5.94. The molecule has 0 saturated heterocycles. The molecule has 0 radical (unpaired) electrons. The minimum Gasteiger partial charge on any atom is -0.309 e. The fourth-order valence-electron chi connectivity index (χ4n) is 11.2. The molecule has 14 rings (SSSR count). The standard InChI is InChI=1S/C64H41N5/c1-6-20-42(21-7-1)45-34-36-51-52-37-35-46(43-22-8-2-9-23-43)41-59(52)69(58(51)40-45)63-66-61(44-24-10-3-11-25-44)65-62(67-63)47-38-53-50-30-16-18-32-56(50)68-57-33-19-17-31-54(57)64(55(39-47)60(53)68,48-26-12-4-13-27-48)49-28-14-5-15-29-49/h1-41H. The highest BCUT2D eigenvalue weighted by Crippen LogP contribution is 2.55. The van der Waals surface area contributed by atoms with Gasteiger partial charge in [0.05, 0.1) is 33.2 Å². The molecular weight excluding hydrogens is 839 g/mol. The largest absolute Gasteiger partial charge is 0.309 e. The smallest absolute Gasteiger partial charge is 0.238 e. The fourth-order valence-corrected chi connectivity index (χ4v) is 11.2. The third-order valence-corrected chi connectivity index (χ3v) is 14.2. The van der Waals surface area contributed by atoms with E-state index < -0.39 is 5.41 Å². The van der Waals surface area contributed by atoms with Gasteiger partial charge in [0.15, 0.2) is 11.6 Å². The van der Waals surface area contributed by atoms with Crippen LogP contribution in [0.5, 0.6) is 0 Å². The molecule has 0 spiro atoms. The fraction of sp³-hybridized carbons (Fsp3) is 0.0156. The Morgan fingerprint density at radius 3 is 1.36 bits per heavy atom. The van der Waals surface area contributed by atoms with Gasteiger partial charge in [-0.15, -0.1) is 0 Å². The van der Waals surface area contributed by atoms with Crippen molar-refractivity contribution >= 4 is 43.6 Å². The van der Waals surface area contributed by atoms with E-state index in [0.29, 0.717) is 17.6 Å². The summed E-state index contributed by atoms with van der Waals surface area (Å²) in [6.45, 7) is 0. The zero-order chi connectivity index (χ0) is 45.5. The van der Waals surface area contributed by atoms with E-state index in [1.165, 1.54) is 38.8 Å². The van der Waals surface area contributed by atoms with Crippen LogP contribution in [0, 0.1) is 0 Å². The Balaban J connectivity index is 1.11. The van der Waals surface area contributed by atoms with Crippen LogP contribution in [0.15, 0.2) is 249 Å². The van der Waals surface area contributed by atoms with Gasteiger partial charge >= 0.3 is 0 Å². The molecule has 0 fully saturated rings. The van der Waals surface area contributed by atoms with E-state index in [1.807, 2.05) is 18.2 Å².